The van der Waals surface area contributed by atoms with Crippen molar-refractivity contribution in [2.45, 2.75) is 38.9 Å². The van der Waals surface area contributed by atoms with Crippen molar-refractivity contribution in [1.82, 2.24) is 5.32 Å². The van der Waals surface area contributed by atoms with E-state index in [0.29, 0.717) is 18.9 Å². The Morgan fingerprint density at radius 3 is 2.38 bits per heavy atom. The molecule has 2 N–H and O–H groups in total. The van der Waals surface area contributed by atoms with Gasteiger partial charge in [0.1, 0.15) is 18.0 Å². The molecule has 0 bridgehead atoms. The molecule has 0 aliphatic carbocycles. The molecule has 134 valence electrons. The quantitative estimate of drug-likeness (QED) is 0.580. The van der Waals surface area contributed by atoms with Crippen LogP contribution in [0.5, 0.6) is 5.75 Å². The van der Waals surface area contributed by atoms with E-state index in [-0.39, 0.29) is 6.42 Å². The summed E-state index contributed by atoms with van der Waals surface area (Å²) < 4.78 is 15.1. The number of hydrogen-bond acceptors (Lipinski definition) is 6. The Kier molecular flexibility index (Phi) is 7.51. The maximum absolute atomic E-state index is 11.4. The van der Waals surface area contributed by atoms with Gasteiger partial charge in [-0.25, -0.2) is 9.59 Å². The molecule has 0 saturated carbocycles. The van der Waals surface area contributed by atoms with E-state index in [1.807, 2.05) is 0 Å². The molecule has 1 aromatic carbocycles. The molecule has 24 heavy (non-hydrogen) atoms. The molecule has 0 spiro atoms. The molecule has 0 radical (unpaired) electrons. The standard InChI is InChI=1S/C17H25NO6/c1-17(2,3)24-16(21)18-9-10-23-13-7-5-12(6-8-13)11-14(19)15(20)22-4/h5-8,14,19H,9-11H2,1-4H3,(H,18,21). The van der Waals surface area contributed by atoms with Gasteiger partial charge in [-0.2, -0.15) is 0 Å². The number of nitrogens with one attached hydrogen (secondary N) is 1. The molecular formula is C17H25NO6. The third-order valence-corrected chi connectivity index (χ3v) is 2.86. The number of alkyl carbamates (subject to hydrolysis) is 1. The zero-order valence-electron chi connectivity index (χ0n) is 14.5. The van der Waals surface area contributed by atoms with Gasteiger partial charge < -0.3 is 24.6 Å². The number of aliphatic hydroxyl groups excluding tert-OH is 1. The van der Waals surface area contributed by atoms with Gasteiger partial charge in [0.15, 0.2) is 6.10 Å². The molecule has 0 saturated heterocycles. The van der Waals surface area contributed by atoms with Crippen LogP contribution < -0.4 is 10.1 Å². The Bertz CT molecular complexity index is 535. The zero-order valence-corrected chi connectivity index (χ0v) is 14.5. The van der Waals surface area contributed by atoms with Gasteiger partial charge >= 0.3 is 12.1 Å². The highest BCUT2D eigenvalue weighted by molar-refractivity contribution is 5.74. The van der Waals surface area contributed by atoms with Crippen molar-refractivity contribution in [3.63, 3.8) is 0 Å². The average Bonchev–Trinajstić information content (AvgIpc) is 2.50. The highest BCUT2D eigenvalue weighted by Gasteiger charge is 2.16. The van der Waals surface area contributed by atoms with E-state index in [0.717, 1.165) is 5.56 Å². The van der Waals surface area contributed by atoms with Gasteiger partial charge in [-0.1, -0.05) is 12.1 Å². The van der Waals surface area contributed by atoms with Crippen LogP contribution in [-0.2, 0) is 20.7 Å². The van der Waals surface area contributed by atoms with Crippen LogP contribution in [0.1, 0.15) is 26.3 Å². The number of esters is 1. The molecule has 7 nitrogen and oxygen atoms in total. The molecule has 1 atom stereocenters. The fourth-order valence-electron chi connectivity index (χ4n) is 1.80. The molecule has 1 rings (SSSR count). The zero-order chi connectivity index (χ0) is 18.2. The Balaban J connectivity index is 2.32. The van der Waals surface area contributed by atoms with Crippen LogP contribution in [0.3, 0.4) is 0 Å². The number of ether oxygens (including phenoxy) is 3. The third kappa shape index (κ3) is 7.82. The second-order valence-electron chi connectivity index (χ2n) is 6.16. The van der Waals surface area contributed by atoms with Crippen LogP contribution in [0, 0.1) is 0 Å². The van der Waals surface area contributed by atoms with E-state index in [4.69, 9.17) is 9.47 Å². The number of hydrogen-bond donors (Lipinski definition) is 2. The van der Waals surface area contributed by atoms with Gasteiger partial charge in [-0.05, 0) is 38.5 Å². The number of benzene rings is 1. The second kappa shape index (κ2) is 9.12. The number of carbonyl (C=O) groups is 2. The molecule has 0 aromatic heterocycles. The molecule has 0 heterocycles. The molecule has 7 heteroatoms. The first-order chi connectivity index (χ1) is 11.2. The molecule has 0 aliphatic rings. The van der Waals surface area contributed by atoms with Crippen LogP contribution in [-0.4, -0.2) is 49.1 Å². The Morgan fingerprint density at radius 2 is 1.83 bits per heavy atom. The fourth-order valence-corrected chi connectivity index (χ4v) is 1.80. The third-order valence-electron chi connectivity index (χ3n) is 2.86. The van der Waals surface area contributed by atoms with Gasteiger partial charge in [0.05, 0.1) is 13.7 Å². The fraction of sp³-hybridized carbons (Fsp3) is 0.529. The van der Waals surface area contributed by atoms with Crippen LogP contribution >= 0.6 is 0 Å². The summed E-state index contributed by atoms with van der Waals surface area (Å²) in [5.41, 5.74) is 0.252. The summed E-state index contributed by atoms with van der Waals surface area (Å²) in [6, 6.07) is 6.96. The summed E-state index contributed by atoms with van der Waals surface area (Å²) in [4.78, 5) is 22.6. The maximum atomic E-state index is 11.4. The van der Waals surface area contributed by atoms with Gasteiger partial charge in [-0.3, -0.25) is 0 Å². The first kappa shape index (κ1) is 19.8. The first-order valence-corrected chi connectivity index (χ1v) is 7.66. The van der Waals surface area contributed by atoms with Gasteiger partial charge in [0.2, 0.25) is 0 Å². The van der Waals surface area contributed by atoms with E-state index >= 15 is 0 Å². The predicted octanol–water partition coefficient (Wildman–Crippen LogP) is 1.67. The van der Waals surface area contributed by atoms with E-state index in [1.54, 1.807) is 45.0 Å². The van der Waals surface area contributed by atoms with Crippen molar-refractivity contribution in [3.8, 4) is 5.75 Å². The monoisotopic (exact) mass is 339 g/mol. The second-order valence-corrected chi connectivity index (χ2v) is 6.16. The molecular weight excluding hydrogens is 314 g/mol. The summed E-state index contributed by atoms with van der Waals surface area (Å²) in [5.74, 6) is -0.0409. The predicted molar refractivity (Wildman–Crippen MR) is 87.9 cm³/mol. The SMILES string of the molecule is COC(=O)C(O)Cc1ccc(OCCNC(=O)OC(C)(C)C)cc1. The van der Waals surface area contributed by atoms with Crippen molar-refractivity contribution in [2.75, 3.05) is 20.3 Å². The number of amides is 1. The molecule has 1 amide bonds. The van der Waals surface area contributed by atoms with Crippen LogP contribution in [0.2, 0.25) is 0 Å². The van der Waals surface area contributed by atoms with Crippen LogP contribution in [0.25, 0.3) is 0 Å². The van der Waals surface area contributed by atoms with Gasteiger partial charge in [-0.15, -0.1) is 0 Å². The smallest absolute Gasteiger partial charge is 0.407 e. The van der Waals surface area contributed by atoms with Crippen molar-refractivity contribution in [3.05, 3.63) is 29.8 Å². The topological polar surface area (TPSA) is 94.1 Å². The lowest BCUT2D eigenvalue weighted by Crippen LogP contribution is -2.34. The number of carbonyl (C=O) groups excluding carboxylic acids is 2. The molecule has 1 aromatic rings. The van der Waals surface area contributed by atoms with Gasteiger partial charge in [0, 0.05) is 6.42 Å². The van der Waals surface area contributed by atoms with Crippen molar-refractivity contribution in [1.29, 1.82) is 0 Å². The van der Waals surface area contributed by atoms with Crippen molar-refractivity contribution < 1.29 is 28.9 Å². The summed E-state index contributed by atoms with van der Waals surface area (Å²) in [5, 5.41) is 12.2. The highest BCUT2D eigenvalue weighted by Crippen LogP contribution is 2.13. The lowest BCUT2D eigenvalue weighted by Gasteiger charge is -2.19. The lowest BCUT2D eigenvalue weighted by molar-refractivity contribution is -0.150. The highest BCUT2D eigenvalue weighted by atomic mass is 16.6. The minimum atomic E-state index is -1.18. The Morgan fingerprint density at radius 1 is 1.21 bits per heavy atom. The largest absolute Gasteiger partial charge is 0.492 e. The van der Waals surface area contributed by atoms with Crippen LogP contribution in [0.4, 0.5) is 4.79 Å². The maximum Gasteiger partial charge on any atom is 0.407 e. The van der Waals surface area contributed by atoms with E-state index in [9.17, 15) is 14.7 Å². The summed E-state index contributed by atoms with van der Waals surface area (Å²) in [6.45, 7) is 5.99. The Hall–Kier alpha value is -2.28. The minimum absolute atomic E-state index is 0.174. The molecule has 0 aliphatic heterocycles. The van der Waals surface area contributed by atoms with E-state index in [1.165, 1.54) is 7.11 Å². The Labute approximate surface area is 141 Å². The number of aliphatic hydroxyl groups is 1. The van der Waals surface area contributed by atoms with E-state index < -0.39 is 23.8 Å². The van der Waals surface area contributed by atoms with Gasteiger partial charge in [0.25, 0.3) is 0 Å². The van der Waals surface area contributed by atoms with Crippen molar-refractivity contribution in [2.24, 2.45) is 0 Å². The minimum Gasteiger partial charge on any atom is -0.492 e. The van der Waals surface area contributed by atoms with E-state index in [2.05, 4.69) is 10.1 Å². The summed E-state index contributed by atoms with van der Waals surface area (Å²) in [7, 11) is 1.23. The average molecular weight is 339 g/mol. The lowest BCUT2D eigenvalue weighted by atomic mass is 10.1. The molecule has 0 fully saturated rings. The molecule has 1 unspecified atom stereocenters. The normalized spacial score (nSPS) is 12.2. The summed E-state index contributed by atoms with van der Waals surface area (Å²) in [6.07, 6.45) is -1.49. The van der Waals surface area contributed by atoms with Crippen LogP contribution in [0.15, 0.2) is 24.3 Å². The van der Waals surface area contributed by atoms with Crippen molar-refractivity contribution >= 4 is 12.1 Å². The number of rotatable bonds is 7. The number of methoxy groups -OCH3 is 1. The summed E-state index contributed by atoms with van der Waals surface area (Å²) >= 11 is 0. The first-order valence-electron chi connectivity index (χ1n) is 7.66.